The molecule has 16 heavy (non-hydrogen) atoms. The summed E-state index contributed by atoms with van der Waals surface area (Å²) in [6.45, 7) is 6.41. The average molecular weight is 231 g/mol. The largest absolute Gasteiger partial charge is 0.320 e. The van der Waals surface area contributed by atoms with Crippen LogP contribution in [0.5, 0.6) is 0 Å². The molecule has 2 rings (SSSR count). The molecule has 0 aliphatic heterocycles. The number of aryl methyl sites for hydroxylation is 3. The highest BCUT2D eigenvalue weighted by atomic mass is 32.1. The first-order chi connectivity index (χ1) is 7.59. The maximum Gasteiger partial charge on any atom is 0.0565 e. The molecule has 0 saturated heterocycles. The standard InChI is InChI=1S/C14H17NS/c1-9-6-10(2)13(11(3)7-9)14(15)12-4-5-16-8-12/h4-8,14H,15H2,1-3H3. The van der Waals surface area contributed by atoms with E-state index in [0.717, 1.165) is 0 Å². The first-order valence-corrected chi connectivity index (χ1v) is 6.39. The zero-order valence-corrected chi connectivity index (χ0v) is 10.8. The molecule has 0 amide bonds. The Labute approximate surface area is 101 Å². The summed E-state index contributed by atoms with van der Waals surface area (Å²) in [5, 5.41) is 4.21. The summed E-state index contributed by atoms with van der Waals surface area (Å²) in [5.74, 6) is 0. The number of hydrogen-bond acceptors (Lipinski definition) is 2. The van der Waals surface area contributed by atoms with E-state index in [0.29, 0.717) is 0 Å². The van der Waals surface area contributed by atoms with Crippen LogP contribution in [0.1, 0.15) is 33.9 Å². The van der Waals surface area contributed by atoms with Crippen molar-refractivity contribution >= 4 is 11.3 Å². The molecule has 2 aromatic rings. The molecule has 0 spiro atoms. The van der Waals surface area contributed by atoms with Crippen LogP contribution in [0.3, 0.4) is 0 Å². The first kappa shape index (κ1) is 11.4. The molecule has 84 valence electrons. The van der Waals surface area contributed by atoms with Gasteiger partial charge in [0.15, 0.2) is 0 Å². The van der Waals surface area contributed by atoms with E-state index in [2.05, 4.69) is 49.7 Å². The van der Waals surface area contributed by atoms with E-state index in [-0.39, 0.29) is 6.04 Å². The van der Waals surface area contributed by atoms with Gasteiger partial charge in [-0.3, -0.25) is 0 Å². The lowest BCUT2D eigenvalue weighted by Crippen LogP contribution is -2.14. The van der Waals surface area contributed by atoms with Crippen LogP contribution in [0.2, 0.25) is 0 Å². The molecular formula is C14H17NS. The molecule has 1 atom stereocenters. The lowest BCUT2D eigenvalue weighted by molar-refractivity contribution is 0.855. The Bertz CT molecular complexity index is 462. The highest BCUT2D eigenvalue weighted by molar-refractivity contribution is 7.08. The van der Waals surface area contributed by atoms with Crippen LogP contribution < -0.4 is 5.73 Å². The fraction of sp³-hybridized carbons (Fsp3) is 0.286. The number of hydrogen-bond donors (Lipinski definition) is 1. The Morgan fingerprint density at radius 3 is 2.25 bits per heavy atom. The van der Waals surface area contributed by atoms with Crippen molar-refractivity contribution in [1.82, 2.24) is 0 Å². The fourth-order valence-corrected chi connectivity index (χ4v) is 3.00. The minimum Gasteiger partial charge on any atom is -0.320 e. The van der Waals surface area contributed by atoms with Gasteiger partial charge >= 0.3 is 0 Å². The van der Waals surface area contributed by atoms with Crippen molar-refractivity contribution in [3.05, 3.63) is 56.8 Å². The lowest BCUT2D eigenvalue weighted by atomic mass is 9.92. The summed E-state index contributed by atoms with van der Waals surface area (Å²) in [6, 6.07) is 6.52. The predicted octanol–water partition coefficient (Wildman–Crippen LogP) is 3.72. The van der Waals surface area contributed by atoms with Gasteiger partial charge in [0.25, 0.3) is 0 Å². The molecule has 0 bridgehead atoms. The second-order valence-corrected chi connectivity index (χ2v) is 5.13. The van der Waals surface area contributed by atoms with Gasteiger partial charge in [0.1, 0.15) is 0 Å². The van der Waals surface area contributed by atoms with Crippen molar-refractivity contribution in [1.29, 1.82) is 0 Å². The van der Waals surface area contributed by atoms with E-state index < -0.39 is 0 Å². The summed E-state index contributed by atoms with van der Waals surface area (Å²) < 4.78 is 0. The predicted molar refractivity (Wildman–Crippen MR) is 71.0 cm³/mol. The molecule has 1 unspecified atom stereocenters. The number of nitrogens with two attached hydrogens (primary N) is 1. The molecule has 0 aliphatic carbocycles. The van der Waals surface area contributed by atoms with Crippen molar-refractivity contribution in [2.75, 3.05) is 0 Å². The highest BCUT2D eigenvalue weighted by Crippen LogP contribution is 2.27. The van der Waals surface area contributed by atoms with Crippen LogP contribution in [0, 0.1) is 20.8 Å². The summed E-state index contributed by atoms with van der Waals surface area (Å²) in [5.41, 5.74) is 12.7. The van der Waals surface area contributed by atoms with Crippen LogP contribution >= 0.6 is 11.3 Å². The minimum atomic E-state index is 0.00634. The molecule has 2 N–H and O–H groups in total. The topological polar surface area (TPSA) is 26.0 Å². The van der Waals surface area contributed by atoms with Crippen molar-refractivity contribution in [3.8, 4) is 0 Å². The summed E-state index contributed by atoms with van der Waals surface area (Å²) in [7, 11) is 0. The zero-order valence-electron chi connectivity index (χ0n) is 9.95. The number of benzene rings is 1. The van der Waals surface area contributed by atoms with Gasteiger partial charge in [-0.15, -0.1) is 0 Å². The van der Waals surface area contributed by atoms with Crippen LogP contribution in [0.15, 0.2) is 29.0 Å². The average Bonchev–Trinajstić information content (AvgIpc) is 2.67. The molecule has 0 radical (unpaired) electrons. The normalized spacial score (nSPS) is 12.8. The zero-order chi connectivity index (χ0) is 11.7. The lowest BCUT2D eigenvalue weighted by Gasteiger charge is -2.17. The van der Waals surface area contributed by atoms with Gasteiger partial charge in [0, 0.05) is 0 Å². The molecule has 2 heteroatoms. The third kappa shape index (κ3) is 2.04. The van der Waals surface area contributed by atoms with Gasteiger partial charge in [-0.25, -0.2) is 0 Å². The minimum absolute atomic E-state index is 0.00634. The van der Waals surface area contributed by atoms with Gasteiger partial charge in [-0.05, 0) is 59.9 Å². The Hall–Kier alpha value is -1.12. The van der Waals surface area contributed by atoms with Gasteiger partial charge < -0.3 is 5.73 Å². The number of rotatable bonds is 2. The Kier molecular flexibility index (Phi) is 3.13. The van der Waals surface area contributed by atoms with E-state index in [1.54, 1.807) is 11.3 Å². The maximum atomic E-state index is 6.32. The van der Waals surface area contributed by atoms with E-state index in [1.807, 2.05) is 0 Å². The molecule has 0 fully saturated rings. The van der Waals surface area contributed by atoms with Gasteiger partial charge in [-0.2, -0.15) is 11.3 Å². The van der Waals surface area contributed by atoms with Crippen molar-refractivity contribution in [3.63, 3.8) is 0 Å². The molecule has 1 aromatic heterocycles. The van der Waals surface area contributed by atoms with Crippen LogP contribution in [0.25, 0.3) is 0 Å². The molecule has 1 heterocycles. The van der Waals surface area contributed by atoms with E-state index in [1.165, 1.54) is 27.8 Å². The Morgan fingerprint density at radius 1 is 1.12 bits per heavy atom. The third-order valence-electron chi connectivity index (χ3n) is 2.95. The van der Waals surface area contributed by atoms with E-state index >= 15 is 0 Å². The van der Waals surface area contributed by atoms with Crippen LogP contribution in [-0.4, -0.2) is 0 Å². The van der Waals surface area contributed by atoms with E-state index in [9.17, 15) is 0 Å². The van der Waals surface area contributed by atoms with Crippen LogP contribution in [0.4, 0.5) is 0 Å². The summed E-state index contributed by atoms with van der Waals surface area (Å²) in [6.07, 6.45) is 0. The van der Waals surface area contributed by atoms with Gasteiger partial charge in [0.2, 0.25) is 0 Å². The van der Waals surface area contributed by atoms with Crippen molar-refractivity contribution < 1.29 is 0 Å². The highest BCUT2D eigenvalue weighted by Gasteiger charge is 2.14. The fourth-order valence-electron chi connectivity index (χ4n) is 2.30. The summed E-state index contributed by atoms with van der Waals surface area (Å²) >= 11 is 1.70. The quantitative estimate of drug-likeness (QED) is 0.837. The molecule has 0 aliphatic rings. The number of thiophene rings is 1. The monoisotopic (exact) mass is 231 g/mol. The second kappa shape index (κ2) is 4.40. The maximum absolute atomic E-state index is 6.32. The van der Waals surface area contributed by atoms with Gasteiger partial charge in [0.05, 0.1) is 6.04 Å². The van der Waals surface area contributed by atoms with Crippen LogP contribution in [-0.2, 0) is 0 Å². The molecular weight excluding hydrogens is 214 g/mol. The summed E-state index contributed by atoms with van der Waals surface area (Å²) in [4.78, 5) is 0. The third-order valence-corrected chi connectivity index (χ3v) is 3.65. The van der Waals surface area contributed by atoms with Crippen molar-refractivity contribution in [2.45, 2.75) is 26.8 Å². The Morgan fingerprint density at radius 2 is 1.75 bits per heavy atom. The Balaban J connectivity index is 2.48. The molecule has 0 saturated carbocycles. The smallest absolute Gasteiger partial charge is 0.0565 e. The SMILES string of the molecule is Cc1cc(C)c(C(N)c2ccsc2)c(C)c1. The second-order valence-electron chi connectivity index (χ2n) is 4.35. The molecule has 1 nitrogen and oxygen atoms in total. The molecule has 1 aromatic carbocycles. The van der Waals surface area contributed by atoms with E-state index in [4.69, 9.17) is 5.73 Å². The van der Waals surface area contributed by atoms with Crippen molar-refractivity contribution in [2.24, 2.45) is 5.73 Å². The van der Waals surface area contributed by atoms with Gasteiger partial charge in [-0.1, -0.05) is 17.7 Å². The first-order valence-electron chi connectivity index (χ1n) is 5.45.